The van der Waals surface area contributed by atoms with E-state index in [2.05, 4.69) is 6.58 Å². The number of aryl methyl sites for hydroxylation is 1. The first kappa shape index (κ1) is 10.9. The van der Waals surface area contributed by atoms with Gasteiger partial charge in [-0.15, -0.1) is 0 Å². The Bertz CT molecular complexity index is 349. The normalized spacial score (nSPS) is 9.57. The zero-order chi connectivity index (χ0) is 10.6. The molecule has 0 bridgehead atoms. The smallest absolute Gasteiger partial charge is 0.213 e. The average molecular weight is 207 g/mol. The van der Waals surface area contributed by atoms with Gasteiger partial charge in [-0.1, -0.05) is 18.3 Å². The van der Waals surface area contributed by atoms with Gasteiger partial charge in [0.2, 0.25) is 6.41 Å². The van der Waals surface area contributed by atoms with Crippen LogP contribution < -0.4 is 4.90 Å². The summed E-state index contributed by atoms with van der Waals surface area (Å²) in [5.41, 5.74) is 2.06. The Morgan fingerprint density at radius 2 is 2.21 bits per heavy atom. The lowest BCUT2D eigenvalue weighted by molar-refractivity contribution is -0.107. The highest BCUT2D eigenvalue weighted by Crippen LogP contribution is 2.26. The van der Waals surface area contributed by atoms with Crippen LogP contribution in [0.3, 0.4) is 0 Å². The summed E-state index contributed by atoms with van der Waals surface area (Å²) in [5.74, 6) is 0. The third kappa shape index (κ3) is 2.39. The molecule has 0 aromatic heterocycles. The van der Waals surface area contributed by atoms with E-state index in [0.29, 0.717) is 0 Å². The molecule has 0 N–H and O–H groups in total. The van der Waals surface area contributed by atoms with Crippen molar-refractivity contribution >= 4 is 23.9 Å². The Hall–Kier alpha value is -1.22. The summed E-state index contributed by atoms with van der Waals surface area (Å²) in [4.78, 5) is 13.3. The lowest BCUT2D eigenvalue weighted by atomic mass is 10.2. The second-order valence-corrected chi connectivity index (χ2v) is 3.96. The molecule has 0 aliphatic rings. The number of hydrogen-bond acceptors (Lipinski definition) is 2. The van der Waals surface area contributed by atoms with Gasteiger partial charge < -0.3 is 4.90 Å². The summed E-state index contributed by atoms with van der Waals surface area (Å²) < 4.78 is 0. The number of carbonyl (C=O) groups excluding carboxylic acids is 1. The predicted octanol–water partition coefficient (Wildman–Crippen LogP) is 2.82. The Kier molecular flexibility index (Phi) is 3.77. The van der Waals surface area contributed by atoms with E-state index in [9.17, 15) is 4.79 Å². The SMILES string of the molecule is C=CSc1ccc(N(C)C=O)cc1C. The molecule has 1 rings (SSSR count). The number of nitrogens with zero attached hydrogens (tertiary/aromatic N) is 1. The standard InChI is InChI=1S/C11H13NOS/c1-4-14-11-6-5-10(7-9(11)2)12(3)8-13/h4-8H,1H2,2-3H3. The van der Waals surface area contributed by atoms with Crippen molar-refractivity contribution in [2.24, 2.45) is 0 Å². The third-order valence-corrected chi connectivity index (χ3v) is 2.81. The van der Waals surface area contributed by atoms with Crippen LogP contribution in [0.2, 0.25) is 0 Å². The minimum Gasteiger partial charge on any atom is -0.318 e. The molecule has 3 heteroatoms. The van der Waals surface area contributed by atoms with Gasteiger partial charge in [0, 0.05) is 17.6 Å². The molecule has 1 aromatic rings. The summed E-state index contributed by atoms with van der Waals surface area (Å²) in [5, 5.41) is 1.80. The molecule has 0 spiro atoms. The molecule has 0 radical (unpaired) electrons. The monoisotopic (exact) mass is 207 g/mol. The fourth-order valence-corrected chi connectivity index (χ4v) is 1.71. The van der Waals surface area contributed by atoms with Crippen molar-refractivity contribution in [2.75, 3.05) is 11.9 Å². The summed E-state index contributed by atoms with van der Waals surface area (Å²) in [6.07, 6.45) is 0.801. The van der Waals surface area contributed by atoms with Gasteiger partial charge in [0.25, 0.3) is 0 Å². The van der Waals surface area contributed by atoms with E-state index in [0.717, 1.165) is 17.7 Å². The van der Waals surface area contributed by atoms with Gasteiger partial charge in [0.15, 0.2) is 0 Å². The van der Waals surface area contributed by atoms with Crippen LogP contribution in [0.1, 0.15) is 5.56 Å². The quantitative estimate of drug-likeness (QED) is 0.559. The van der Waals surface area contributed by atoms with Crippen molar-refractivity contribution in [3.05, 3.63) is 35.7 Å². The summed E-state index contributed by atoms with van der Waals surface area (Å²) in [7, 11) is 1.74. The maximum Gasteiger partial charge on any atom is 0.213 e. The van der Waals surface area contributed by atoms with Crippen LogP contribution in [-0.2, 0) is 4.79 Å². The molecule has 0 atom stereocenters. The van der Waals surface area contributed by atoms with Gasteiger partial charge in [-0.3, -0.25) is 4.79 Å². The first-order chi connectivity index (χ1) is 6.69. The van der Waals surface area contributed by atoms with Gasteiger partial charge in [-0.05, 0) is 36.1 Å². The van der Waals surface area contributed by atoms with Crippen LogP contribution in [0, 0.1) is 6.92 Å². The van der Waals surface area contributed by atoms with Crippen LogP contribution in [-0.4, -0.2) is 13.5 Å². The zero-order valence-electron chi connectivity index (χ0n) is 8.36. The summed E-state index contributed by atoms with van der Waals surface area (Å²) in [6.45, 7) is 5.69. The minimum absolute atomic E-state index is 0.801. The first-order valence-corrected chi connectivity index (χ1v) is 5.13. The van der Waals surface area contributed by atoms with Gasteiger partial charge in [-0.2, -0.15) is 0 Å². The molecule has 1 amide bonds. The number of rotatable bonds is 4. The molecular formula is C11H13NOS. The molecule has 0 heterocycles. The number of amides is 1. The van der Waals surface area contributed by atoms with Crippen LogP contribution in [0.5, 0.6) is 0 Å². The maximum absolute atomic E-state index is 10.5. The van der Waals surface area contributed by atoms with Crippen molar-refractivity contribution in [1.29, 1.82) is 0 Å². The Balaban J connectivity index is 2.99. The van der Waals surface area contributed by atoms with E-state index in [1.165, 1.54) is 4.90 Å². The Morgan fingerprint density at radius 3 is 2.71 bits per heavy atom. The highest BCUT2D eigenvalue weighted by molar-refractivity contribution is 8.02. The van der Waals surface area contributed by atoms with Gasteiger partial charge in [0.05, 0.1) is 0 Å². The molecule has 0 fully saturated rings. The molecule has 0 aliphatic heterocycles. The van der Waals surface area contributed by atoms with Crippen LogP contribution in [0.25, 0.3) is 0 Å². The summed E-state index contributed by atoms with van der Waals surface area (Å²) >= 11 is 1.59. The molecule has 0 saturated carbocycles. The fraction of sp³-hybridized carbons (Fsp3) is 0.182. The summed E-state index contributed by atoms with van der Waals surface area (Å²) in [6, 6.07) is 5.91. The largest absolute Gasteiger partial charge is 0.318 e. The van der Waals surface area contributed by atoms with E-state index in [1.54, 1.807) is 29.1 Å². The van der Waals surface area contributed by atoms with E-state index in [-0.39, 0.29) is 0 Å². The Morgan fingerprint density at radius 1 is 1.50 bits per heavy atom. The van der Waals surface area contributed by atoms with E-state index in [4.69, 9.17) is 0 Å². The van der Waals surface area contributed by atoms with Crippen molar-refractivity contribution in [3.63, 3.8) is 0 Å². The second-order valence-electron chi connectivity index (χ2n) is 2.95. The number of anilines is 1. The van der Waals surface area contributed by atoms with E-state index >= 15 is 0 Å². The van der Waals surface area contributed by atoms with Crippen LogP contribution in [0.15, 0.2) is 35.1 Å². The molecular weight excluding hydrogens is 194 g/mol. The number of benzene rings is 1. The molecule has 0 unspecified atom stereocenters. The minimum atomic E-state index is 0.801. The number of thioether (sulfide) groups is 1. The van der Waals surface area contributed by atoms with Crippen molar-refractivity contribution in [1.82, 2.24) is 0 Å². The Labute approximate surface area is 88.6 Å². The third-order valence-electron chi connectivity index (χ3n) is 1.93. The van der Waals surface area contributed by atoms with Crippen LogP contribution in [0.4, 0.5) is 5.69 Å². The van der Waals surface area contributed by atoms with Crippen LogP contribution >= 0.6 is 11.8 Å². The topological polar surface area (TPSA) is 20.3 Å². The second kappa shape index (κ2) is 4.86. The van der Waals surface area contributed by atoms with Crippen molar-refractivity contribution in [2.45, 2.75) is 11.8 Å². The van der Waals surface area contributed by atoms with Crippen molar-refractivity contribution in [3.8, 4) is 0 Å². The maximum atomic E-state index is 10.5. The molecule has 1 aromatic carbocycles. The lowest BCUT2D eigenvalue weighted by Crippen LogP contribution is -2.13. The van der Waals surface area contributed by atoms with Gasteiger partial charge in [0.1, 0.15) is 0 Å². The number of carbonyl (C=O) groups is 1. The van der Waals surface area contributed by atoms with Crippen molar-refractivity contribution < 1.29 is 4.79 Å². The first-order valence-electron chi connectivity index (χ1n) is 4.25. The molecule has 2 nitrogen and oxygen atoms in total. The highest BCUT2D eigenvalue weighted by atomic mass is 32.2. The predicted molar refractivity (Wildman–Crippen MR) is 61.7 cm³/mol. The zero-order valence-corrected chi connectivity index (χ0v) is 9.17. The number of hydrogen-bond donors (Lipinski definition) is 0. The molecule has 0 saturated heterocycles. The fourth-order valence-electron chi connectivity index (χ4n) is 1.14. The molecule has 14 heavy (non-hydrogen) atoms. The lowest BCUT2D eigenvalue weighted by Gasteiger charge is -2.12. The van der Waals surface area contributed by atoms with Gasteiger partial charge in [-0.25, -0.2) is 0 Å². The van der Waals surface area contributed by atoms with E-state index < -0.39 is 0 Å². The highest BCUT2D eigenvalue weighted by Gasteiger charge is 2.02. The average Bonchev–Trinajstić information content (AvgIpc) is 2.20. The molecule has 0 aliphatic carbocycles. The van der Waals surface area contributed by atoms with E-state index in [1.807, 2.05) is 25.1 Å². The van der Waals surface area contributed by atoms with Gasteiger partial charge >= 0.3 is 0 Å². The molecule has 74 valence electrons.